The van der Waals surface area contributed by atoms with Gasteiger partial charge in [-0.3, -0.25) is 5.84 Å². The average molecular weight is 358 g/mol. The third-order valence-corrected chi connectivity index (χ3v) is 4.77. The molecule has 0 radical (unpaired) electrons. The van der Waals surface area contributed by atoms with Crippen LogP contribution in [0.5, 0.6) is 0 Å². The van der Waals surface area contributed by atoms with Crippen molar-refractivity contribution in [1.29, 1.82) is 0 Å². The summed E-state index contributed by atoms with van der Waals surface area (Å²) < 4.78 is 38.3. The van der Waals surface area contributed by atoms with E-state index in [1.807, 2.05) is 11.4 Å². The fourth-order valence-electron chi connectivity index (χ4n) is 1.37. The Balaban J connectivity index is 2.31. The lowest BCUT2D eigenvalue weighted by Crippen LogP contribution is -2.27. The Morgan fingerprint density at radius 3 is 2.61 bits per heavy atom. The number of nitrogens with two attached hydrogens (primary N) is 1. The predicted octanol–water partition coefficient (Wildman–Crippen LogP) is 3.54. The van der Waals surface area contributed by atoms with Gasteiger partial charge in [0.2, 0.25) is 0 Å². The van der Waals surface area contributed by atoms with E-state index in [-0.39, 0.29) is 0 Å². The van der Waals surface area contributed by atoms with Crippen LogP contribution in [0.1, 0.15) is 21.5 Å². The van der Waals surface area contributed by atoms with E-state index >= 15 is 0 Å². The van der Waals surface area contributed by atoms with Crippen LogP contribution in [0.15, 0.2) is 21.4 Å². The molecule has 18 heavy (non-hydrogen) atoms. The molecule has 2 rings (SSSR count). The molecule has 0 saturated heterocycles. The molecular weight excluding hydrogens is 351 g/mol. The second-order valence-electron chi connectivity index (χ2n) is 3.35. The van der Waals surface area contributed by atoms with Crippen LogP contribution in [0, 0.1) is 0 Å². The maximum atomic E-state index is 12.5. The smallest absolute Gasteiger partial charge is 0.271 e. The Morgan fingerprint density at radius 2 is 2.17 bits per heavy atom. The summed E-state index contributed by atoms with van der Waals surface area (Å²) in [7, 11) is 0. The van der Waals surface area contributed by atoms with Crippen LogP contribution >= 0.6 is 38.6 Å². The lowest BCUT2D eigenvalue weighted by Gasteiger charge is -2.11. The van der Waals surface area contributed by atoms with Crippen molar-refractivity contribution in [2.24, 2.45) is 5.84 Å². The van der Waals surface area contributed by atoms with Gasteiger partial charge in [-0.1, -0.05) is 0 Å². The molecule has 0 aliphatic carbocycles. The minimum Gasteiger partial charge on any atom is -0.271 e. The van der Waals surface area contributed by atoms with Crippen molar-refractivity contribution in [2.75, 3.05) is 0 Å². The molecule has 0 saturated carbocycles. The highest BCUT2D eigenvalue weighted by atomic mass is 79.9. The molecule has 0 bridgehead atoms. The Bertz CT molecular complexity index is 537. The van der Waals surface area contributed by atoms with Gasteiger partial charge < -0.3 is 0 Å². The van der Waals surface area contributed by atoms with E-state index in [4.69, 9.17) is 5.84 Å². The molecule has 0 aliphatic heterocycles. The zero-order chi connectivity index (χ0) is 13.3. The first-order valence-electron chi connectivity index (χ1n) is 4.65. The van der Waals surface area contributed by atoms with Crippen LogP contribution in [0.4, 0.5) is 13.2 Å². The summed E-state index contributed by atoms with van der Waals surface area (Å²) in [6.45, 7) is 0. The number of thiophene rings is 1. The van der Waals surface area contributed by atoms with Crippen molar-refractivity contribution in [3.63, 3.8) is 0 Å². The summed E-state index contributed by atoms with van der Waals surface area (Å²) >= 11 is 5.32. The molecule has 3 nitrogen and oxygen atoms in total. The highest BCUT2D eigenvalue weighted by Crippen LogP contribution is 2.37. The van der Waals surface area contributed by atoms with Crippen molar-refractivity contribution >= 4 is 38.6 Å². The molecule has 0 aromatic carbocycles. The van der Waals surface area contributed by atoms with Crippen molar-refractivity contribution < 1.29 is 13.2 Å². The molecule has 1 unspecified atom stereocenters. The van der Waals surface area contributed by atoms with E-state index in [2.05, 4.69) is 26.3 Å². The highest BCUT2D eigenvalue weighted by molar-refractivity contribution is 9.11. The minimum atomic E-state index is -4.42. The number of aromatic nitrogens is 1. The van der Waals surface area contributed by atoms with Gasteiger partial charge in [-0.15, -0.1) is 22.7 Å². The van der Waals surface area contributed by atoms with Gasteiger partial charge in [0, 0.05) is 11.1 Å². The molecule has 0 spiro atoms. The first-order chi connectivity index (χ1) is 8.41. The van der Waals surface area contributed by atoms with Crippen LogP contribution in [0.2, 0.25) is 0 Å². The Kier molecular flexibility index (Phi) is 4.07. The lowest BCUT2D eigenvalue weighted by molar-refractivity contribution is -0.137. The number of nitrogens with zero attached hydrogens (tertiary/aromatic N) is 1. The molecule has 0 fully saturated rings. The van der Waals surface area contributed by atoms with Gasteiger partial charge >= 0.3 is 6.18 Å². The number of hydrazine groups is 1. The van der Waals surface area contributed by atoms with Crippen LogP contribution in [0.25, 0.3) is 0 Å². The van der Waals surface area contributed by atoms with Gasteiger partial charge in [-0.25, -0.2) is 10.4 Å². The van der Waals surface area contributed by atoms with E-state index in [0.29, 0.717) is 16.2 Å². The molecule has 3 N–H and O–H groups in total. The van der Waals surface area contributed by atoms with Gasteiger partial charge in [-0.05, 0) is 32.9 Å². The molecule has 98 valence electrons. The molecule has 1 atom stereocenters. The predicted molar refractivity (Wildman–Crippen MR) is 68.3 cm³/mol. The van der Waals surface area contributed by atoms with Gasteiger partial charge in [0.05, 0.1) is 9.83 Å². The summed E-state index contributed by atoms with van der Waals surface area (Å²) in [5.74, 6) is 5.40. The third kappa shape index (κ3) is 2.91. The standard InChI is InChI=1S/C9H7BrF3N3S2/c10-6-1-4(3-17-6)7(16-14)5-2-15-8(18-5)9(11,12)13/h1-3,7,16H,14H2. The second-order valence-corrected chi connectivity index (χ2v) is 6.70. The van der Waals surface area contributed by atoms with E-state index in [0.717, 1.165) is 9.35 Å². The fraction of sp³-hybridized carbons (Fsp3) is 0.222. The number of thiazole rings is 1. The maximum Gasteiger partial charge on any atom is 0.443 e. The highest BCUT2D eigenvalue weighted by Gasteiger charge is 2.35. The zero-order valence-electron chi connectivity index (χ0n) is 8.66. The minimum absolute atomic E-state index is 0.426. The van der Waals surface area contributed by atoms with Crippen LogP contribution in [-0.4, -0.2) is 4.98 Å². The molecule has 0 amide bonds. The summed E-state index contributed by atoms with van der Waals surface area (Å²) in [5, 5.41) is 0.953. The Morgan fingerprint density at radius 1 is 1.44 bits per heavy atom. The van der Waals surface area contributed by atoms with E-state index in [1.54, 1.807) is 0 Å². The summed E-state index contributed by atoms with van der Waals surface area (Å²) in [5.41, 5.74) is 3.30. The van der Waals surface area contributed by atoms with E-state index in [9.17, 15) is 13.2 Å². The fourth-order valence-corrected chi connectivity index (χ4v) is 3.44. The molecule has 0 aliphatic rings. The lowest BCUT2D eigenvalue weighted by atomic mass is 10.1. The van der Waals surface area contributed by atoms with Crippen molar-refractivity contribution in [1.82, 2.24) is 10.4 Å². The second kappa shape index (κ2) is 5.25. The number of hydrogen-bond acceptors (Lipinski definition) is 5. The Hall–Kier alpha value is -0.480. The number of hydrogen-bond donors (Lipinski definition) is 2. The van der Waals surface area contributed by atoms with Gasteiger partial charge in [-0.2, -0.15) is 13.2 Å². The number of alkyl halides is 3. The first-order valence-corrected chi connectivity index (χ1v) is 7.13. The number of halogens is 4. The topological polar surface area (TPSA) is 50.9 Å². The van der Waals surface area contributed by atoms with Crippen LogP contribution < -0.4 is 11.3 Å². The van der Waals surface area contributed by atoms with Gasteiger partial charge in [0.25, 0.3) is 0 Å². The molecule has 9 heteroatoms. The summed E-state index contributed by atoms with van der Waals surface area (Å²) in [4.78, 5) is 3.80. The van der Waals surface area contributed by atoms with Gasteiger partial charge in [0.1, 0.15) is 0 Å². The van der Waals surface area contributed by atoms with Gasteiger partial charge in [0.15, 0.2) is 5.01 Å². The first kappa shape index (κ1) is 13.9. The van der Waals surface area contributed by atoms with Crippen molar-refractivity contribution in [2.45, 2.75) is 12.2 Å². The van der Waals surface area contributed by atoms with Crippen molar-refractivity contribution in [3.05, 3.63) is 36.9 Å². The molecular formula is C9H7BrF3N3S2. The monoisotopic (exact) mass is 357 g/mol. The largest absolute Gasteiger partial charge is 0.443 e. The van der Waals surface area contributed by atoms with Crippen LogP contribution in [0.3, 0.4) is 0 Å². The molecule has 2 heterocycles. The summed E-state index contributed by atoms with van der Waals surface area (Å²) in [6, 6.07) is 1.32. The number of nitrogens with one attached hydrogen (secondary N) is 1. The molecule has 2 aromatic heterocycles. The maximum absolute atomic E-state index is 12.5. The zero-order valence-corrected chi connectivity index (χ0v) is 11.9. The van der Waals surface area contributed by atoms with Crippen LogP contribution in [-0.2, 0) is 6.18 Å². The number of rotatable bonds is 3. The van der Waals surface area contributed by atoms with E-state index in [1.165, 1.54) is 17.5 Å². The normalized spacial score (nSPS) is 13.8. The molecule has 2 aromatic rings. The SMILES string of the molecule is NNC(c1csc(Br)c1)c1cnc(C(F)(F)F)s1. The average Bonchev–Trinajstić information content (AvgIpc) is 2.88. The quantitative estimate of drug-likeness (QED) is 0.652. The van der Waals surface area contributed by atoms with E-state index < -0.39 is 17.2 Å². The Labute approximate surface area is 117 Å². The third-order valence-electron chi connectivity index (χ3n) is 2.14. The summed E-state index contributed by atoms with van der Waals surface area (Å²) in [6.07, 6.45) is -3.22. The van der Waals surface area contributed by atoms with Crippen molar-refractivity contribution in [3.8, 4) is 0 Å².